The zero-order valence-electron chi connectivity index (χ0n) is 9.95. The minimum atomic E-state index is -1.06. The third-order valence-electron chi connectivity index (χ3n) is 2.82. The largest absolute Gasteiger partial charge is 0.477 e. The smallest absolute Gasteiger partial charge is 0.348 e. The van der Waals surface area contributed by atoms with Gasteiger partial charge in [0.2, 0.25) is 0 Å². The fraction of sp³-hybridized carbons (Fsp3) is 0.154. The summed E-state index contributed by atoms with van der Waals surface area (Å²) in [7, 11) is 0. The van der Waals surface area contributed by atoms with Crippen LogP contribution in [0.15, 0.2) is 18.2 Å². The van der Waals surface area contributed by atoms with Crippen LogP contribution in [0.4, 0.5) is 10.1 Å². The maximum Gasteiger partial charge on any atom is 0.348 e. The number of aromatic carboxylic acids is 1. The van der Waals surface area contributed by atoms with Crippen LogP contribution in [0, 0.1) is 19.7 Å². The molecule has 3 nitrogen and oxygen atoms in total. The molecule has 5 heteroatoms. The number of halogens is 1. The number of carbonyl (C=O) groups is 1. The third kappa shape index (κ3) is 1.97. The second-order valence-electron chi connectivity index (χ2n) is 4.07. The number of nitrogens with two attached hydrogens (primary N) is 1. The molecule has 0 spiro atoms. The van der Waals surface area contributed by atoms with E-state index in [4.69, 9.17) is 10.8 Å². The molecule has 1 heterocycles. The van der Waals surface area contributed by atoms with Gasteiger partial charge in [0, 0.05) is 4.88 Å². The topological polar surface area (TPSA) is 63.3 Å². The van der Waals surface area contributed by atoms with E-state index < -0.39 is 5.97 Å². The number of rotatable bonds is 2. The van der Waals surface area contributed by atoms with Gasteiger partial charge in [0.1, 0.15) is 10.7 Å². The number of hydrogen-bond acceptors (Lipinski definition) is 3. The maximum atomic E-state index is 13.5. The first-order chi connectivity index (χ1) is 8.41. The zero-order valence-corrected chi connectivity index (χ0v) is 10.8. The van der Waals surface area contributed by atoms with Crippen molar-refractivity contribution in [1.29, 1.82) is 0 Å². The van der Waals surface area contributed by atoms with Crippen molar-refractivity contribution < 1.29 is 14.3 Å². The molecule has 1 aromatic carbocycles. The van der Waals surface area contributed by atoms with Crippen molar-refractivity contribution in [3.63, 3.8) is 0 Å². The highest BCUT2D eigenvalue weighted by molar-refractivity contribution is 7.18. The van der Waals surface area contributed by atoms with Gasteiger partial charge in [-0.25, -0.2) is 9.18 Å². The average molecular weight is 265 g/mol. The van der Waals surface area contributed by atoms with E-state index in [1.165, 1.54) is 6.07 Å². The first-order valence-corrected chi connectivity index (χ1v) is 6.12. The lowest BCUT2D eigenvalue weighted by Gasteiger charge is -2.02. The number of nitrogen functional groups attached to an aromatic ring is 1. The van der Waals surface area contributed by atoms with E-state index in [1.807, 2.05) is 0 Å². The summed E-state index contributed by atoms with van der Waals surface area (Å²) in [5.41, 5.74) is 7.89. The summed E-state index contributed by atoms with van der Waals surface area (Å²) >= 11 is 1.07. The van der Waals surface area contributed by atoms with Gasteiger partial charge in [0.25, 0.3) is 0 Å². The number of benzene rings is 1. The molecule has 0 aliphatic heterocycles. The Bertz CT molecular complexity index is 634. The minimum Gasteiger partial charge on any atom is -0.477 e. The number of carboxylic acid groups (broad SMARTS) is 1. The number of aryl methyl sites for hydroxylation is 1. The van der Waals surface area contributed by atoms with Crippen LogP contribution in [-0.4, -0.2) is 11.1 Å². The minimum absolute atomic E-state index is 0.100. The van der Waals surface area contributed by atoms with E-state index in [-0.39, 0.29) is 16.4 Å². The lowest BCUT2D eigenvalue weighted by Crippen LogP contribution is -1.97. The fourth-order valence-electron chi connectivity index (χ4n) is 1.69. The van der Waals surface area contributed by atoms with Crippen LogP contribution >= 0.6 is 11.3 Å². The summed E-state index contributed by atoms with van der Waals surface area (Å²) < 4.78 is 13.5. The number of anilines is 1. The molecule has 0 amide bonds. The highest BCUT2D eigenvalue weighted by Crippen LogP contribution is 2.38. The molecule has 0 unspecified atom stereocenters. The summed E-state index contributed by atoms with van der Waals surface area (Å²) in [6.45, 7) is 3.42. The van der Waals surface area contributed by atoms with Gasteiger partial charge in [-0.1, -0.05) is 12.1 Å². The van der Waals surface area contributed by atoms with Gasteiger partial charge >= 0.3 is 5.97 Å². The van der Waals surface area contributed by atoms with Crippen LogP contribution in [-0.2, 0) is 0 Å². The van der Waals surface area contributed by atoms with Crippen molar-refractivity contribution in [2.75, 3.05) is 5.73 Å². The van der Waals surface area contributed by atoms with Gasteiger partial charge in [0.05, 0.1) is 5.69 Å². The molecule has 0 saturated carbocycles. The number of carboxylic acids is 1. The van der Waals surface area contributed by atoms with E-state index in [2.05, 4.69) is 0 Å². The predicted octanol–water partition coefficient (Wildman–Crippen LogP) is 3.45. The van der Waals surface area contributed by atoms with Gasteiger partial charge in [-0.2, -0.15) is 0 Å². The summed E-state index contributed by atoms with van der Waals surface area (Å²) in [5.74, 6) is -1.37. The van der Waals surface area contributed by atoms with Crippen molar-refractivity contribution in [2.24, 2.45) is 0 Å². The predicted molar refractivity (Wildman–Crippen MR) is 70.6 cm³/mol. The Kier molecular flexibility index (Phi) is 3.09. The second-order valence-corrected chi connectivity index (χ2v) is 5.09. The van der Waals surface area contributed by atoms with E-state index in [1.54, 1.807) is 26.0 Å². The highest BCUT2D eigenvalue weighted by Gasteiger charge is 2.19. The van der Waals surface area contributed by atoms with Crippen LogP contribution in [0.3, 0.4) is 0 Å². The molecule has 0 radical (unpaired) electrons. The van der Waals surface area contributed by atoms with Crippen LogP contribution in [0.25, 0.3) is 10.4 Å². The standard InChI is InChI=1S/C13H12FNO2S/c1-6-3-4-8(5-9(6)14)11-7(2)10(15)12(18-11)13(16)17/h3-5H,15H2,1-2H3,(H,16,17). The summed E-state index contributed by atoms with van der Waals surface area (Å²) in [4.78, 5) is 11.8. The normalized spacial score (nSPS) is 10.6. The van der Waals surface area contributed by atoms with Gasteiger partial charge < -0.3 is 10.8 Å². The Morgan fingerprint density at radius 2 is 2.06 bits per heavy atom. The molecule has 0 aliphatic rings. The first-order valence-electron chi connectivity index (χ1n) is 5.30. The molecular formula is C13H12FNO2S. The Balaban J connectivity index is 2.61. The molecule has 18 heavy (non-hydrogen) atoms. The molecule has 0 bridgehead atoms. The second kappa shape index (κ2) is 4.42. The van der Waals surface area contributed by atoms with Gasteiger partial charge in [-0.3, -0.25) is 0 Å². The Hall–Kier alpha value is -1.88. The molecular weight excluding hydrogens is 253 g/mol. The molecule has 2 aromatic rings. The first kappa shape index (κ1) is 12.6. The Morgan fingerprint density at radius 1 is 1.39 bits per heavy atom. The van der Waals surface area contributed by atoms with E-state index in [9.17, 15) is 9.18 Å². The average Bonchev–Trinajstić information content (AvgIpc) is 2.60. The number of hydrogen-bond donors (Lipinski definition) is 2. The third-order valence-corrected chi connectivity index (χ3v) is 4.17. The summed E-state index contributed by atoms with van der Waals surface area (Å²) in [5, 5.41) is 9.01. The van der Waals surface area contributed by atoms with Crippen molar-refractivity contribution in [3.05, 3.63) is 40.0 Å². The van der Waals surface area contributed by atoms with Crippen LogP contribution in [0.5, 0.6) is 0 Å². The van der Waals surface area contributed by atoms with E-state index in [0.717, 1.165) is 11.3 Å². The summed E-state index contributed by atoms with van der Waals surface area (Å²) in [6, 6.07) is 4.84. The SMILES string of the molecule is Cc1ccc(-c2sc(C(=O)O)c(N)c2C)cc1F. The van der Waals surface area contributed by atoms with Crippen LogP contribution in [0.1, 0.15) is 20.8 Å². The quantitative estimate of drug-likeness (QED) is 0.874. The zero-order chi connectivity index (χ0) is 13.4. The molecule has 1 aromatic heterocycles. The Labute approximate surface area is 108 Å². The molecule has 0 aliphatic carbocycles. The van der Waals surface area contributed by atoms with Crippen molar-refractivity contribution in [2.45, 2.75) is 13.8 Å². The fourth-order valence-corrected chi connectivity index (χ4v) is 2.76. The monoisotopic (exact) mass is 265 g/mol. The molecule has 0 saturated heterocycles. The maximum absolute atomic E-state index is 13.5. The van der Waals surface area contributed by atoms with Gasteiger partial charge in [-0.05, 0) is 36.6 Å². The van der Waals surface area contributed by atoms with Crippen LogP contribution in [0.2, 0.25) is 0 Å². The lowest BCUT2D eigenvalue weighted by molar-refractivity contribution is 0.0703. The molecule has 3 N–H and O–H groups in total. The van der Waals surface area contributed by atoms with Crippen LogP contribution < -0.4 is 5.73 Å². The van der Waals surface area contributed by atoms with E-state index in [0.29, 0.717) is 21.6 Å². The number of thiophene rings is 1. The molecule has 0 fully saturated rings. The summed E-state index contributed by atoms with van der Waals surface area (Å²) in [6.07, 6.45) is 0. The van der Waals surface area contributed by atoms with Crippen molar-refractivity contribution in [3.8, 4) is 10.4 Å². The van der Waals surface area contributed by atoms with Crippen molar-refractivity contribution >= 4 is 23.0 Å². The molecule has 94 valence electrons. The van der Waals surface area contributed by atoms with Crippen molar-refractivity contribution in [1.82, 2.24) is 0 Å². The Morgan fingerprint density at radius 3 is 2.56 bits per heavy atom. The van der Waals surface area contributed by atoms with Gasteiger partial charge in [-0.15, -0.1) is 11.3 Å². The van der Waals surface area contributed by atoms with Gasteiger partial charge in [0.15, 0.2) is 0 Å². The molecule has 0 atom stereocenters. The molecule has 2 rings (SSSR count). The lowest BCUT2D eigenvalue weighted by atomic mass is 10.1. The van der Waals surface area contributed by atoms with E-state index >= 15 is 0 Å². The highest BCUT2D eigenvalue weighted by atomic mass is 32.1.